The number of anilines is 1. The molecular formula is C14H22BrN3O2. The topological polar surface area (TPSA) is 48.8 Å². The minimum atomic E-state index is -0.395. The number of nitrogens with zero attached hydrogens (tertiary/aromatic N) is 3. The van der Waals surface area contributed by atoms with Crippen molar-refractivity contribution in [1.29, 1.82) is 0 Å². The summed E-state index contributed by atoms with van der Waals surface area (Å²) < 4.78 is 6.27. The van der Waals surface area contributed by atoms with Crippen molar-refractivity contribution in [1.82, 2.24) is 9.88 Å². The van der Waals surface area contributed by atoms with E-state index in [1.807, 2.05) is 31.1 Å². The van der Waals surface area contributed by atoms with E-state index in [4.69, 9.17) is 4.74 Å². The molecule has 112 valence electrons. The van der Waals surface area contributed by atoms with Gasteiger partial charge in [-0.3, -0.25) is 4.90 Å². The van der Waals surface area contributed by atoms with E-state index in [0.29, 0.717) is 13.1 Å². The van der Waals surface area contributed by atoms with Crippen LogP contribution in [0.25, 0.3) is 0 Å². The summed E-state index contributed by atoms with van der Waals surface area (Å²) in [5.74, 6) is 0.858. The van der Waals surface area contributed by atoms with Crippen LogP contribution in [0.15, 0.2) is 16.7 Å². The number of ether oxygens (including phenoxy) is 1. The largest absolute Gasteiger partial charge is 0.390 e. The van der Waals surface area contributed by atoms with Crippen LogP contribution < -0.4 is 4.90 Å². The standard InChI is InChI=1S/C14H22BrN3O2/c1-11-7-13(15)14(16-8-11)17(2)9-12(19)10-18-3-5-20-6-4-18/h7-8,12,19H,3-6,9-10H2,1-2H3/t12-/m0/s1. The number of aryl methyl sites for hydroxylation is 1. The highest BCUT2D eigenvalue weighted by atomic mass is 79.9. The minimum absolute atomic E-state index is 0.395. The Balaban J connectivity index is 1.87. The molecule has 0 unspecified atom stereocenters. The van der Waals surface area contributed by atoms with Gasteiger partial charge in [-0.2, -0.15) is 0 Å². The third-order valence-corrected chi connectivity index (χ3v) is 3.96. The summed E-state index contributed by atoms with van der Waals surface area (Å²) in [6, 6.07) is 2.03. The fourth-order valence-electron chi connectivity index (χ4n) is 2.35. The molecule has 1 aromatic rings. The van der Waals surface area contributed by atoms with Crippen molar-refractivity contribution in [2.45, 2.75) is 13.0 Å². The third-order valence-electron chi connectivity index (χ3n) is 3.38. The van der Waals surface area contributed by atoms with Gasteiger partial charge in [-0.1, -0.05) is 0 Å². The number of aliphatic hydroxyl groups excluding tert-OH is 1. The summed E-state index contributed by atoms with van der Waals surface area (Å²) in [7, 11) is 1.95. The number of hydrogen-bond acceptors (Lipinski definition) is 5. The Morgan fingerprint density at radius 3 is 2.85 bits per heavy atom. The number of hydrogen-bond donors (Lipinski definition) is 1. The van der Waals surface area contributed by atoms with Crippen LogP contribution in [0.1, 0.15) is 5.56 Å². The van der Waals surface area contributed by atoms with Crippen molar-refractivity contribution in [2.24, 2.45) is 0 Å². The molecule has 0 aliphatic carbocycles. The summed E-state index contributed by atoms with van der Waals surface area (Å²) in [5, 5.41) is 10.2. The van der Waals surface area contributed by atoms with Gasteiger partial charge in [0.15, 0.2) is 0 Å². The number of pyridine rings is 1. The number of aromatic nitrogens is 1. The lowest BCUT2D eigenvalue weighted by Gasteiger charge is -2.30. The summed E-state index contributed by atoms with van der Waals surface area (Å²) in [4.78, 5) is 8.63. The second-order valence-electron chi connectivity index (χ2n) is 5.27. The zero-order chi connectivity index (χ0) is 14.5. The quantitative estimate of drug-likeness (QED) is 0.872. The van der Waals surface area contributed by atoms with Crippen LogP contribution in [0, 0.1) is 6.92 Å². The van der Waals surface area contributed by atoms with Crippen LogP contribution in [-0.4, -0.2) is 67.5 Å². The van der Waals surface area contributed by atoms with Crippen LogP contribution >= 0.6 is 15.9 Å². The lowest BCUT2D eigenvalue weighted by Crippen LogP contribution is -2.44. The fraction of sp³-hybridized carbons (Fsp3) is 0.643. The smallest absolute Gasteiger partial charge is 0.142 e. The van der Waals surface area contributed by atoms with E-state index in [0.717, 1.165) is 42.2 Å². The van der Waals surface area contributed by atoms with Crippen LogP contribution in [0.5, 0.6) is 0 Å². The van der Waals surface area contributed by atoms with E-state index in [1.54, 1.807) is 0 Å². The van der Waals surface area contributed by atoms with Crippen LogP contribution in [0.4, 0.5) is 5.82 Å². The maximum absolute atomic E-state index is 10.2. The maximum atomic E-state index is 10.2. The van der Waals surface area contributed by atoms with Gasteiger partial charge in [-0.25, -0.2) is 4.98 Å². The number of rotatable bonds is 5. The second-order valence-corrected chi connectivity index (χ2v) is 6.12. The summed E-state index contributed by atoms with van der Waals surface area (Å²) in [6.07, 6.45) is 1.44. The molecule has 1 atom stereocenters. The summed E-state index contributed by atoms with van der Waals surface area (Å²) >= 11 is 3.52. The zero-order valence-corrected chi connectivity index (χ0v) is 13.6. The highest BCUT2D eigenvalue weighted by molar-refractivity contribution is 9.10. The van der Waals surface area contributed by atoms with Gasteiger partial charge in [-0.15, -0.1) is 0 Å². The van der Waals surface area contributed by atoms with Crippen molar-refractivity contribution in [2.75, 3.05) is 51.3 Å². The first-order chi connectivity index (χ1) is 9.56. The number of morpholine rings is 1. The SMILES string of the molecule is Cc1cnc(N(C)C[C@H](O)CN2CCOCC2)c(Br)c1. The van der Waals surface area contributed by atoms with E-state index in [2.05, 4.69) is 25.8 Å². The van der Waals surface area contributed by atoms with Gasteiger partial charge in [-0.05, 0) is 34.5 Å². The Bertz CT molecular complexity index is 438. The summed E-state index contributed by atoms with van der Waals surface area (Å²) in [5.41, 5.74) is 1.11. The van der Waals surface area contributed by atoms with Gasteiger partial charge in [0.2, 0.25) is 0 Å². The first-order valence-electron chi connectivity index (χ1n) is 6.87. The summed E-state index contributed by atoms with van der Waals surface area (Å²) in [6.45, 7) is 6.56. The van der Waals surface area contributed by atoms with Gasteiger partial charge in [0, 0.05) is 39.4 Å². The van der Waals surface area contributed by atoms with Crippen LogP contribution in [-0.2, 0) is 4.74 Å². The lowest BCUT2D eigenvalue weighted by atomic mass is 10.2. The molecule has 20 heavy (non-hydrogen) atoms. The predicted molar refractivity (Wildman–Crippen MR) is 83.2 cm³/mol. The van der Waals surface area contributed by atoms with Gasteiger partial charge in [0.1, 0.15) is 5.82 Å². The lowest BCUT2D eigenvalue weighted by molar-refractivity contribution is 0.0162. The molecule has 1 aliphatic heterocycles. The molecule has 1 aliphatic rings. The molecule has 0 aromatic carbocycles. The van der Waals surface area contributed by atoms with E-state index >= 15 is 0 Å². The average molecular weight is 344 g/mol. The molecule has 1 saturated heterocycles. The Labute approximate surface area is 128 Å². The molecule has 5 nitrogen and oxygen atoms in total. The molecule has 2 heterocycles. The molecule has 0 saturated carbocycles. The monoisotopic (exact) mass is 343 g/mol. The van der Waals surface area contributed by atoms with Crippen LogP contribution in [0.2, 0.25) is 0 Å². The molecule has 0 radical (unpaired) electrons. The van der Waals surface area contributed by atoms with E-state index in [9.17, 15) is 5.11 Å². The van der Waals surface area contributed by atoms with Crippen molar-refractivity contribution >= 4 is 21.7 Å². The predicted octanol–water partition coefficient (Wildman–Crippen LogP) is 1.28. The molecule has 0 spiro atoms. The molecule has 2 rings (SSSR count). The highest BCUT2D eigenvalue weighted by Gasteiger charge is 2.17. The van der Waals surface area contributed by atoms with E-state index in [-0.39, 0.29) is 0 Å². The highest BCUT2D eigenvalue weighted by Crippen LogP contribution is 2.23. The fourth-order valence-corrected chi connectivity index (χ4v) is 3.12. The normalized spacial score (nSPS) is 18.0. The Hall–Kier alpha value is -0.690. The van der Waals surface area contributed by atoms with E-state index in [1.165, 1.54) is 0 Å². The van der Waals surface area contributed by atoms with Crippen molar-refractivity contribution in [3.63, 3.8) is 0 Å². The Morgan fingerprint density at radius 1 is 1.50 bits per heavy atom. The first-order valence-corrected chi connectivity index (χ1v) is 7.67. The van der Waals surface area contributed by atoms with Gasteiger partial charge in [0.05, 0.1) is 23.8 Å². The Kier molecular flexibility index (Phi) is 5.77. The number of likely N-dealkylation sites (N-methyl/N-ethyl adjacent to an activating group) is 1. The minimum Gasteiger partial charge on any atom is -0.390 e. The number of aliphatic hydroxyl groups is 1. The van der Waals surface area contributed by atoms with Gasteiger partial charge >= 0.3 is 0 Å². The second kappa shape index (κ2) is 7.36. The first kappa shape index (κ1) is 15.7. The molecular weight excluding hydrogens is 322 g/mol. The van der Waals surface area contributed by atoms with Crippen molar-refractivity contribution in [3.05, 3.63) is 22.3 Å². The zero-order valence-electron chi connectivity index (χ0n) is 12.0. The van der Waals surface area contributed by atoms with Crippen LogP contribution in [0.3, 0.4) is 0 Å². The molecule has 1 aromatic heterocycles. The molecule has 0 bridgehead atoms. The van der Waals surface area contributed by atoms with E-state index < -0.39 is 6.10 Å². The number of halogens is 1. The molecule has 1 fully saturated rings. The van der Waals surface area contributed by atoms with Crippen molar-refractivity contribution < 1.29 is 9.84 Å². The number of β-amino-alcohol motifs (C(OH)–C–C–N with tert-alkyl or cyclic N) is 1. The Morgan fingerprint density at radius 2 is 2.20 bits per heavy atom. The van der Waals surface area contributed by atoms with Crippen molar-refractivity contribution in [3.8, 4) is 0 Å². The molecule has 6 heteroatoms. The van der Waals surface area contributed by atoms with Gasteiger partial charge < -0.3 is 14.7 Å². The molecule has 0 amide bonds. The maximum Gasteiger partial charge on any atom is 0.142 e. The third kappa shape index (κ3) is 4.41. The average Bonchev–Trinajstić information content (AvgIpc) is 2.39. The molecule has 1 N–H and O–H groups in total. The van der Waals surface area contributed by atoms with Gasteiger partial charge in [0.25, 0.3) is 0 Å².